The van der Waals surface area contributed by atoms with Gasteiger partial charge in [0, 0.05) is 11.1 Å². The average molecular weight is 306 g/mol. The fraction of sp³-hybridized carbons (Fsp3) is 0.0500. The number of hydrogen-bond acceptors (Lipinski definition) is 2. The van der Waals surface area contributed by atoms with Crippen LogP contribution in [0.25, 0.3) is 11.1 Å². The van der Waals surface area contributed by atoms with Crippen molar-refractivity contribution < 1.29 is 13.9 Å². The highest BCUT2D eigenvalue weighted by Gasteiger charge is 2.08. The Morgan fingerprint density at radius 1 is 0.870 bits per heavy atom. The highest BCUT2D eigenvalue weighted by Crippen LogP contribution is 2.33. The van der Waals surface area contributed by atoms with Gasteiger partial charge in [0.15, 0.2) is 5.78 Å². The van der Waals surface area contributed by atoms with Crippen LogP contribution in [0.5, 0.6) is 11.5 Å². The highest BCUT2D eigenvalue weighted by molar-refractivity contribution is 5.94. The summed E-state index contributed by atoms with van der Waals surface area (Å²) in [5.41, 5.74) is 2.53. The molecule has 23 heavy (non-hydrogen) atoms. The van der Waals surface area contributed by atoms with Crippen molar-refractivity contribution >= 4 is 5.78 Å². The van der Waals surface area contributed by atoms with E-state index in [1.54, 1.807) is 31.2 Å². The summed E-state index contributed by atoms with van der Waals surface area (Å²) >= 11 is 0. The lowest BCUT2D eigenvalue weighted by Gasteiger charge is -2.11. The Labute approximate surface area is 134 Å². The van der Waals surface area contributed by atoms with Crippen molar-refractivity contribution in [2.75, 3.05) is 0 Å². The van der Waals surface area contributed by atoms with Gasteiger partial charge in [-0.25, -0.2) is 4.39 Å². The van der Waals surface area contributed by atoms with Crippen LogP contribution >= 0.6 is 0 Å². The normalized spacial score (nSPS) is 10.3. The molecule has 0 unspecified atom stereocenters. The Morgan fingerprint density at radius 2 is 1.52 bits per heavy atom. The molecule has 0 N–H and O–H groups in total. The zero-order valence-corrected chi connectivity index (χ0v) is 12.6. The Morgan fingerprint density at radius 3 is 2.17 bits per heavy atom. The molecule has 3 aromatic rings. The number of para-hydroxylation sites is 1. The van der Waals surface area contributed by atoms with Crippen LogP contribution in [0, 0.1) is 5.82 Å². The molecule has 0 fully saturated rings. The zero-order valence-electron chi connectivity index (χ0n) is 12.6. The molecule has 0 spiro atoms. The molecular formula is C20H15FO2. The molecular weight excluding hydrogens is 291 g/mol. The first-order chi connectivity index (χ1) is 11.1. The van der Waals surface area contributed by atoms with Crippen molar-refractivity contribution in [2.24, 2.45) is 0 Å². The van der Waals surface area contributed by atoms with Crippen LogP contribution in [0.2, 0.25) is 0 Å². The molecule has 3 heteroatoms. The van der Waals surface area contributed by atoms with E-state index in [1.165, 1.54) is 12.1 Å². The van der Waals surface area contributed by atoms with Crippen LogP contribution in [-0.2, 0) is 0 Å². The minimum Gasteiger partial charge on any atom is -0.457 e. The molecule has 0 aromatic heterocycles. The van der Waals surface area contributed by atoms with E-state index in [4.69, 9.17) is 4.74 Å². The molecule has 0 saturated carbocycles. The van der Waals surface area contributed by atoms with E-state index in [1.807, 2.05) is 36.4 Å². The smallest absolute Gasteiger partial charge is 0.159 e. The van der Waals surface area contributed by atoms with Gasteiger partial charge in [0.1, 0.15) is 17.3 Å². The summed E-state index contributed by atoms with van der Waals surface area (Å²) in [5.74, 6) is 0.978. The number of hydrogen-bond donors (Lipinski definition) is 0. The number of Topliss-reactive ketones (excluding diaryl/α,β-unsaturated/α-hetero) is 1. The summed E-state index contributed by atoms with van der Waals surface area (Å²) in [4.78, 5) is 11.4. The summed E-state index contributed by atoms with van der Waals surface area (Å²) in [6, 6.07) is 20.9. The molecule has 2 nitrogen and oxygen atoms in total. The van der Waals surface area contributed by atoms with Crippen molar-refractivity contribution in [1.29, 1.82) is 0 Å². The number of rotatable bonds is 4. The predicted octanol–water partition coefficient (Wildman–Crippen LogP) is 5.49. The fourth-order valence-electron chi connectivity index (χ4n) is 2.31. The standard InChI is InChI=1S/C20H15FO2/c1-14(22)15-6-8-16(9-7-15)19-4-2-3-5-20(19)23-18-12-10-17(21)11-13-18/h2-13H,1H3. The van der Waals surface area contributed by atoms with Gasteiger partial charge < -0.3 is 4.74 Å². The maximum absolute atomic E-state index is 13.0. The van der Waals surface area contributed by atoms with Gasteiger partial charge >= 0.3 is 0 Å². The van der Waals surface area contributed by atoms with Gasteiger partial charge in [-0.15, -0.1) is 0 Å². The molecule has 0 aliphatic rings. The molecule has 0 atom stereocenters. The van der Waals surface area contributed by atoms with Crippen LogP contribution in [0.1, 0.15) is 17.3 Å². The van der Waals surface area contributed by atoms with E-state index < -0.39 is 0 Å². The minimum atomic E-state index is -0.301. The van der Waals surface area contributed by atoms with Crippen molar-refractivity contribution in [2.45, 2.75) is 6.92 Å². The Hall–Kier alpha value is -2.94. The van der Waals surface area contributed by atoms with Crippen molar-refractivity contribution in [1.82, 2.24) is 0 Å². The summed E-state index contributed by atoms with van der Waals surface area (Å²) in [7, 11) is 0. The molecule has 0 saturated heterocycles. The molecule has 3 aromatic carbocycles. The maximum atomic E-state index is 13.0. The minimum absolute atomic E-state index is 0.0346. The highest BCUT2D eigenvalue weighted by atomic mass is 19.1. The lowest BCUT2D eigenvalue weighted by molar-refractivity contribution is 0.101. The number of halogens is 1. The van der Waals surface area contributed by atoms with E-state index in [0.29, 0.717) is 17.1 Å². The summed E-state index contributed by atoms with van der Waals surface area (Å²) < 4.78 is 18.9. The number of ether oxygens (including phenoxy) is 1. The van der Waals surface area contributed by atoms with Crippen molar-refractivity contribution in [3.63, 3.8) is 0 Å². The quantitative estimate of drug-likeness (QED) is 0.596. The van der Waals surface area contributed by atoms with Gasteiger partial charge in [-0.3, -0.25) is 4.79 Å². The van der Waals surface area contributed by atoms with Gasteiger partial charge in [0.05, 0.1) is 0 Å². The third-order valence-electron chi connectivity index (χ3n) is 3.53. The van der Waals surface area contributed by atoms with E-state index in [-0.39, 0.29) is 11.6 Å². The number of benzene rings is 3. The van der Waals surface area contributed by atoms with Crippen LogP contribution < -0.4 is 4.74 Å². The Balaban J connectivity index is 1.94. The van der Waals surface area contributed by atoms with Gasteiger partial charge in [-0.05, 0) is 42.8 Å². The predicted molar refractivity (Wildman–Crippen MR) is 88.4 cm³/mol. The summed E-state index contributed by atoms with van der Waals surface area (Å²) in [6.45, 7) is 1.54. The maximum Gasteiger partial charge on any atom is 0.159 e. The Kier molecular flexibility index (Phi) is 4.20. The molecule has 0 aliphatic carbocycles. The van der Waals surface area contributed by atoms with Crippen LogP contribution in [-0.4, -0.2) is 5.78 Å². The van der Waals surface area contributed by atoms with E-state index in [2.05, 4.69) is 0 Å². The lowest BCUT2D eigenvalue weighted by atomic mass is 10.0. The zero-order chi connectivity index (χ0) is 16.2. The molecule has 3 rings (SSSR count). The van der Waals surface area contributed by atoms with Crippen molar-refractivity contribution in [3.8, 4) is 22.6 Å². The summed E-state index contributed by atoms with van der Waals surface area (Å²) in [5, 5.41) is 0. The first-order valence-corrected chi connectivity index (χ1v) is 7.27. The van der Waals surface area contributed by atoms with Crippen molar-refractivity contribution in [3.05, 3.63) is 84.2 Å². The monoisotopic (exact) mass is 306 g/mol. The first kappa shape index (κ1) is 15.0. The van der Waals surface area contributed by atoms with Crippen LogP contribution in [0.15, 0.2) is 72.8 Å². The fourth-order valence-corrected chi connectivity index (χ4v) is 2.31. The topological polar surface area (TPSA) is 26.3 Å². The van der Waals surface area contributed by atoms with Gasteiger partial charge in [-0.2, -0.15) is 0 Å². The van der Waals surface area contributed by atoms with Crippen LogP contribution in [0.4, 0.5) is 4.39 Å². The van der Waals surface area contributed by atoms with E-state index in [0.717, 1.165) is 11.1 Å². The lowest BCUT2D eigenvalue weighted by Crippen LogP contribution is -1.92. The SMILES string of the molecule is CC(=O)c1ccc(-c2ccccc2Oc2ccc(F)cc2)cc1. The van der Waals surface area contributed by atoms with E-state index >= 15 is 0 Å². The van der Waals surface area contributed by atoms with E-state index in [9.17, 15) is 9.18 Å². The molecule has 0 amide bonds. The second-order valence-electron chi connectivity index (χ2n) is 5.19. The number of carbonyl (C=O) groups is 1. The number of ketones is 1. The van der Waals surface area contributed by atoms with Gasteiger partial charge in [0.25, 0.3) is 0 Å². The van der Waals surface area contributed by atoms with Gasteiger partial charge in [0.2, 0.25) is 0 Å². The molecule has 0 heterocycles. The average Bonchev–Trinajstić information content (AvgIpc) is 2.57. The van der Waals surface area contributed by atoms with Gasteiger partial charge in [-0.1, -0.05) is 42.5 Å². The molecule has 0 bridgehead atoms. The van der Waals surface area contributed by atoms with Crippen LogP contribution in [0.3, 0.4) is 0 Å². The third-order valence-corrected chi connectivity index (χ3v) is 3.53. The first-order valence-electron chi connectivity index (χ1n) is 7.27. The number of carbonyl (C=O) groups excluding carboxylic acids is 1. The second kappa shape index (κ2) is 6.44. The molecule has 0 aliphatic heterocycles. The summed E-state index contributed by atoms with van der Waals surface area (Å²) in [6.07, 6.45) is 0. The Bertz CT molecular complexity index is 821. The largest absolute Gasteiger partial charge is 0.457 e. The molecule has 114 valence electrons. The third kappa shape index (κ3) is 3.46. The second-order valence-corrected chi connectivity index (χ2v) is 5.19. The molecule has 0 radical (unpaired) electrons.